The van der Waals surface area contributed by atoms with Crippen LogP contribution in [0.3, 0.4) is 0 Å². The van der Waals surface area contributed by atoms with Crippen molar-refractivity contribution in [3.05, 3.63) is 41.5 Å². The lowest BCUT2D eigenvalue weighted by molar-refractivity contribution is -0.182. The highest BCUT2D eigenvalue weighted by atomic mass is 16.4. The second kappa shape index (κ2) is 9.95. The summed E-state index contributed by atoms with van der Waals surface area (Å²) in [6.45, 7) is 11.5. The summed E-state index contributed by atoms with van der Waals surface area (Å²) in [5.74, 6) is 0.846. The summed E-state index contributed by atoms with van der Waals surface area (Å²) < 4.78 is 0. The van der Waals surface area contributed by atoms with E-state index in [1.807, 2.05) is 12.1 Å². The third kappa shape index (κ3) is 4.13. The van der Waals surface area contributed by atoms with Crippen LogP contribution < -0.4 is 5.32 Å². The Morgan fingerprint density at radius 3 is 2.21 bits per heavy atom. The van der Waals surface area contributed by atoms with Gasteiger partial charge in [0.2, 0.25) is 5.91 Å². The molecule has 42 heavy (non-hydrogen) atoms. The zero-order valence-corrected chi connectivity index (χ0v) is 26.0. The Kier molecular flexibility index (Phi) is 6.98. The summed E-state index contributed by atoms with van der Waals surface area (Å²) in [7, 11) is 0. The number of hydrogen-bond acceptors (Lipinski definition) is 3. The maximum Gasteiger partial charge on any atom is 0.335 e. The Hall–Kier alpha value is -2.63. The van der Waals surface area contributed by atoms with Gasteiger partial charge in [0.25, 0.3) is 0 Å². The molecular formula is C36H49NO5. The minimum absolute atomic E-state index is 0.00983. The van der Waals surface area contributed by atoms with Crippen LogP contribution in [0.15, 0.2) is 30.3 Å². The van der Waals surface area contributed by atoms with Gasteiger partial charge in [0.1, 0.15) is 6.04 Å². The van der Waals surface area contributed by atoms with Gasteiger partial charge in [0, 0.05) is 0 Å². The van der Waals surface area contributed by atoms with Crippen molar-refractivity contribution in [2.75, 3.05) is 0 Å². The molecule has 0 saturated heterocycles. The zero-order chi connectivity index (χ0) is 30.2. The number of benzene rings is 1. The first-order valence-electron chi connectivity index (χ1n) is 16.3. The Labute approximate surface area is 250 Å². The van der Waals surface area contributed by atoms with Crippen LogP contribution in [0, 0.1) is 51.2 Å². The van der Waals surface area contributed by atoms with Crippen molar-refractivity contribution in [2.24, 2.45) is 51.2 Å². The molecule has 6 rings (SSSR count). The Balaban J connectivity index is 1.27. The Morgan fingerprint density at radius 1 is 0.833 bits per heavy atom. The normalized spacial score (nSPS) is 40.8. The number of carbonyl (C=O) groups excluding carboxylic acids is 1. The van der Waals surface area contributed by atoms with E-state index in [-0.39, 0.29) is 22.2 Å². The van der Waals surface area contributed by atoms with Crippen LogP contribution in [0.25, 0.3) is 5.57 Å². The van der Waals surface area contributed by atoms with Crippen LogP contribution in [0.1, 0.15) is 115 Å². The molecule has 228 valence electrons. The molecule has 0 bridgehead atoms. The smallest absolute Gasteiger partial charge is 0.335 e. The van der Waals surface area contributed by atoms with Crippen LogP contribution in [-0.2, 0) is 9.59 Å². The van der Waals surface area contributed by atoms with Crippen molar-refractivity contribution in [3.63, 3.8) is 0 Å². The molecule has 1 amide bonds. The molecule has 6 nitrogen and oxygen atoms in total. The second-order valence-corrected chi connectivity index (χ2v) is 15.7. The fraction of sp³-hybridized carbons (Fsp3) is 0.694. The van der Waals surface area contributed by atoms with Gasteiger partial charge in [-0.25, -0.2) is 4.79 Å². The van der Waals surface area contributed by atoms with E-state index in [2.05, 4.69) is 39.1 Å². The topological polar surface area (TPSA) is 104 Å². The third-order valence-corrected chi connectivity index (χ3v) is 13.7. The zero-order valence-electron chi connectivity index (χ0n) is 26.0. The molecule has 4 saturated carbocycles. The van der Waals surface area contributed by atoms with Gasteiger partial charge in [0.15, 0.2) is 0 Å². The van der Waals surface area contributed by atoms with Gasteiger partial charge in [-0.05, 0) is 134 Å². The fourth-order valence-corrected chi connectivity index (χ4v) is 11.9. The van der Waals surface area contributed by atoms with Gasteiger partial charge in [-0.2, -0.15) is 0 Å². The van der Waals surface area contributed by atoms with Crippen molar-refractivity contribution < 1.29 is 24.6 Å². The van der Waals surface area contributed by atoms with E-state index in [4.69, 9.17) is 0 Å². The molecule has 5 aliphatic carbocycles. The first-order chi connectivity index (χ1) is 19.8. The lowest BCUT2D eigenvalue weighted by atomic mass is 9.36. The molecule has 1 aromatic rings. The first-order valence-corrected chi connectivity index (χ1v) is 16.3. The van der Waals surface area contributed by atoms with E-state index in [0.29, 0.717) is 35.2 Å². The number of carboxylic acid groups (broad SMARTS) is 2. The molecule has 3 N–H and O–H groups in total. The molecule has 9 atom stereocenters. The van der Waals surface area contributed by atoms with Crippen molar-refractivity contribution in [1.82, 2.24) is 5.32 Å². The molecule has 0 radical (unpaired) electrons. The first kappa shape index (κ1) is 29.4. The lowest BCUT2D eigenvalue weighted by Crippen LogP contribution is -2.62. The van der Waals surface area contributed by atoms with E-state index >= 15 is 0 Å². The second-order valence-electron chi connectivity index (χ2n) is 15.7. The van der Waals surface area contributed by atoms with Crippen LogP contribution in [0.2, 0.25) is 0 Å². The lowest BCUT2D eigenvalue weighted by Gasteiger charge is -2.68. The monoisotopic (exact) mass is 575 g/mol. The molecular weight excluding hydrogens is 526 g/mol. The molecule has 6 heteroatoms. The summed E-state index contributed by atoms with van der Waals surface area (Å²) in [6, 6.07) is 6.59. The summed E-state index contributed by atoms with van der Waals surface area (Å²) in [6.07, 6.45) is 13.3. The maximum absolute atomic E-state index is 13.7. The Bertz CT molecular complexity index is 1310. The van der Waals surface area contributed by atoms with Gasteiger partial charge in [-0.3, -0.25) is 9.59 Å². The molecule has 5 aliphatic rings. The average Bonchev–Trinajstić information content (AvgIpc) is 3.38. The molecule has 1 aromatic carbocycles. The van der Waals surface area contributed by atoms with Gasteiger partial charge >= 0.3 is 11.9 Å². The number of amides is 1. The van der Waals surface area contributed by atoms with E-state index in [1.165, 1.54) is 31.3 Å². The number of allylic oxidation sites excluding steroid dienone is 2. The van der Waals surface area contributed by atoms with Crippen molar-refractivity contribution >= 4 is 23.4 Å². The fourth-order valence-electron chi connectivity index (χ4n) is 11.9. The molecule has 0 heterocycles. The van der Waals surface area contributed by atoms with Gasteiger partial charge in [0.05, 0.1) is 11.0 Å². The van der Waals surface area contributed by atoms with E-state index in [1.54, 1.807) is 19.1 Å². The van der Waals surface area contributed by atoms with Crippen LogP contribution >= 0.6 is 0 Å². The number of nitrogens with one attached hydrogen (secondary N) is 1. The minimum Gasteiger partial charge on any atom is -0.480 e. The van der Waals surface area contributed by atoms with Crippen LogP contribution in [-0.4, -0.2) is 34.1 Å². The van der Waals surface area contributed by atoms with Gasteiger partial charge < -0.3 is 15.5 Å². The van der Waals surface area contributed by atoms with Crippen LogP contribution in [0.5, 0.6) is 0 Å². The number of carbonyl (C=O) groups is 3. The molecule has 0 aliphatic heterocycles. The highest BCUT2D eigenvalue weighted by Crippen LogP contribution is 2.73. The largest absolute Gasteiger partial charge is 0.480 e. The number of hydrogen-bond donors (Lipinski definition) is 3. The Morgan fingerprint density at radius 2 is 1.55 bits per heavy atom. The summed E-state index contributed by atoms with van der Waals surface area (Å²) in [5, 5.41) is 21.7. The molecule has 0 aromatic heterocycles. The highest BCUT2D eigenvalue weighted by molar-refractivity contribution is 5.89. The molecule has 4 fully saturated rings. The number of rotatable bonds is 5. The van der Waals surface area contributed by atoms with Gasteiger partial charge in [-0.15, -0.1) is 0 Å². The van der Waals surface area contributed by atoms with Crippen molar-refractivity contribution in [2.45, 2.75) is 105 Å². The SMILES string of the molecule is C[C@H](NC(=O)[C@]12CCCC1[C@H]1CCC3[C@@](C)(CCC4C(C)(C)C(c5ccc(C(=O)O)cc5)=CC[C@@]43C)C1CC2)C(=O)O. The highest BCUT2D eigenvalue weighted by Gasteiger charge is 2.66. The predicted octanol–water partition coefficient (Wildman–Crippen LogP) is 7.43. The minimum atomic E-state index is -0.967. The number of aliphatic carboxylic acids is 1. The van der Waals surface area contributed by atoms with Crippen molar-refractivity contribution in [3.8, 4) is 0 Å². The van der Waals surface area contributed by atoms with E-state index in [9.17, 15) is 24.6 Å². The third-order valence-electron chi connectivity index (χ3n) is 13.7. The van der Waals surface area contributed by atoms with Gasteiger partial charge in [-0.1, -0.05) is 52.3 Å². The predicted molar refractivity (Wildman–Crippen MR) is 163 cm³/mol. The number of carboxylic acids is 2. The van der Waals surface area contributed by atoms with E-state index in [0.717, 1.165) is 44.1 Å². The number of aromatic carboxylic acids is 1. The quantitative estimate of drug-likeness (QED) is 0.339. The standard InChI is InChI=1S/C36H49NO5/c1-21(30(38)39)37-32(42)36-17-6-7-27(36)24-12-13-29-34(4,26(24)15-20-36)19-16-28-33(2,3)25(14-18-35(28,29)5)22-8-10-23(11-9-22)31(40)41/h8-11,14,21,24,26-29H,6-7,12-13,15-20H2,1-5H3,(H,37,42)(H,38,39)(H,40,41)/t21-,24-,26?,27?,28?,29?,34-,35-,36-/m0/s1. The average molecular weight is 576 g/mol. The molecule has 0 spiro atoms. The summed E-state index contributed by atoms with van der Waals surface area (Å²) >= 11 is 0. The molecule has 4 unspecified atom stereocenters. The number of fused-ring (bicyclic) bond motifs is 7. The van der Waals surface area contributed by atoms with Crippen molar-refractivity contribution in [1.29, 1.82) is 0 Å². The summed E-state index contributed by atoms with van der Waals surface area (Å²) in [4.78, 5) is 36.6. The van der Waals surface area contributed by atoms with Crippen LogP contribution in [0.4, 0.5) is 0 Å². The van der Waals surface area contributed by atoms with E-state index < -0.39 is 23.4 Å². The summed E-state index contributed by atoms with van der Waals surface area (Å²) in [5.41, 5.74) is 2.87. The maximum atomic E-state index is 13.7.